The lowest BCUT2D eigenvalue weighted by atomic mass is 9.35. The number of fused-ring (bicyclic) bond motifs is 2. The summed E-state index contributed by atoms with van der Waals surface area (Å²) in [6.07, 6.45) is 6.25. The van der Waals surface area contributed by atoms with Gasteiger partial charge in [-0.2, -0.15) is 0 Å². The van der Waals surface area contributed by atoms with Crippen LogP contribution in [0.1, 0.15) is 51.9 Å². The Morgan fingerprint density at radius 1 is 1.18 bits per heavy atom. The first-order chi connectivity index (χ1) is 13.3. The number of cyclic esters (lactones) is 1. The van der Waals surface area contributed by atoms with Gasteiger partial charge in [0.2, 0.25) is 0 Å². The first-order valence-corrected chi connectivity index (χ1v) is 10.5. The van der Waals surface area contributed by atoms with Gasteiger partial charge in [-0.3, -0.25) is 9.59 Å². The Morgan fingerprint density at radius 3 is 2.71 bits per heavy atom. The summed E-state index contributed by atoms with van der Waals surface area (Å²) in [6.45, 7) is 10.2. The minimum absolute atomic E-state index is 0.0142. The average Bonchev–Trinajstić information content (AvgIpc) is 2.69. The van der Waals surface area contributed by atoms with E-state index in [0.717, 1.165) is 32.1 Å². The summed E-state index contributed by atoms with van der Waals surface area (Å²) in [5.41, 5.74) is -0.934. The van der Waals surface area contributed by atoms with Gasteiger partial charge in [-0.05, 0) is 61.9 Å². The van der Waals surface area contributed by atoms with Crippen LogP contribution in [0.15, 0.2) is 24.8 Å². The molecule has 4 bridgehead atoms. The molecule has 0 N–H and O–H groups in total. The molecule has 0 aromatic carbocycles. The summed E-state index contributed by atoms with van der Waals surface area (Å²) in [6, 6.07) is 0. The fourth-order valence-electron chi connectivity index (χ4n) is 7.83. The molecule has 1 heterocycles. The van der Waals surface area contributed by atoms with Crippen molar-refractivity contribution in [3.05, 3.63) is 24.8 Å². The lowest BCUT2D eigenvalue weighted by molar-refractivity contribution is -0.257. The van der Waals surface area contributed by atoms with Crippen molar-refractivity contribution in [3.8, 4) is 0 Å². The van der Waals surface area contributed by atoms with Crippen LogP contribution < -0.4 is 0 Å². The van der Waals surface area contributed by atoms with Crippen LogP contribution in [0.5, 0.6) is 0 Å². The van der Waals surface area contributed by atoms with Gasteiger partial charge in [0.25, 0.3) is 0 Å². The van der Waals surface area contributed by atoms with Crippen molar-refractivity contribution in [2.75, 3.05) is 6.61 Å². The molecule has 0 radical (unpaired) electrons. The quantitative estimate of drug-likeness (QED) is 0.539. The van der Waals surface area contributed by atoms with Gasteiger partial charge in [-0.25, -0.2) is 4.79 Å². The van der Waals surface area contributed by atoms with Crippen molar-refractivity contribution in [2.45, 2.75) is 58.0 Å². The average molecular weight is 384 g/mol. The number of allylic oxidation sites excluding steroid dienone is 1. The predicted molar refractivity (Wildman–Crippen MR) is 101 cm³/mol. The molecule has 6 fully saturated rings. The van der Waals surface area contributed by atoms with Crippen LogP contribution in [0.25, 0.3) is 0 Å². The number of hydrogen-bond donors (Lipinski definition) is 0. The zero-order valence-corrected chi connectivity index (χ0v) is 16.5. The van der Waals surface area contributed by atoms with Crippen molar-refractivity contribution >= 4 is 17.7 Å². The lowest BCUT2D eigenvalue weighted by Crippen LogP contribution is -2.73. The van der Waals surface area contributed by atoms with Crippen LogP contribution in [-0.2, 0) is 23.9 Å². The first kappa shape index (κ1) is 18.1. The molecule has 5 aliphatic carbocycles. The molecule has 5 heteroatoms. The normalized spacial score (nSPS) is 49.0. The van der Waals surface area contributed by atoms with Crippen LogP contribution >= 0.6 is 0 Å². The first-order valence-electron chi connectivity index (χ1n) is 10.5. The van der Waals surface area contributed by atoms with E-state index in [1.54, 1.807) is 0 Å². The van der Waals surface area contributed by atoms with Crippen molar-refractivity contribution in [3.63, 3.8) is 0 Å². The molecule has 0 aromatic rings. The topological polar surface area (TPSA) is 69.7 Å². The van der Waals surface area contributed by atoms with E-state index in [4.69, 9.17) is 9.47 Å². The number of esters is 2. The number of carbonyl (C=O) groups is 3. The molecule has 1 aliphatic heterocycles. The molecule has 7 atom stereocenters. The van der Waals surface area contributed by atoms with Gasteiger partial charge in [-0.1, -0.05) is 26.5 Å². The molecular weight excluding hydrogens is 356 g/mol. The highest BCUT2D eigenvalue weighted by Crippen LogP contribution is 2.73. The van der Waals surface area contributed by atoms with E-state index in [1.807, 2.05) is 0 Å². The smallest absolute Gasteiger partial charge is 0.330 e. The predicted octanol–water partition coefficient (Wildman–Crippen LogP) is 3.38. The maximum Gasteiger partial charge on any atom is 0.330 e. The minimum Gasteiger partial charge on any atom is -0.465 e. The van der Waals surface area contributed by atoms with Crippen LogP contribution in [0.3, 0.4) is 0 Å². The molecule has 5 nitrogen and oxygen atoms in total. The molecule has 0 aromatic heterocycles. The van der Waals surface area contributed by atoms with Crippen LogP contribution in [0.4, 0.5) is 0 Å². The lowest BCUT2D eigenvalue weighted by Gasteiger charge is -2.69. The molecule has 6 aliphatic rings. The van der Waals surface area contributed by atoms with E-state index in [9.17, 15) is 14.4 Å². The van der Waals surface area contributed by atoms with Gasteiger partial charge in [-0.15, -0.1) is 0 Å². The Labute approximate surface area is 165 Å². The van der Waals surface area contributed by atoms with Crippen LogP contribution in [0.2, 0.25) is 0 Å². The molecule has 1 saturated heterocycles. The van der Waals surface area contributed by atoms with Crippen molar-refractivity contribution in [1.82, 2.24) is 0 Å². The van der Waals surface area contributed by atoms with Crippen LogP contribution in [0, 0.1) is 34.0 Å². The molecule has 28 heavy (non-hydrogen) atoms. The van der Waals surface area contributed by atoms with Gasteiger partial charge in [0.05, 0.1) is 17.4 Å². The Balaban J connectivity index is 1.70. The van der Waals surface area contributed by atoms with Gasteiger partial charge < -0.3 is 9.47 Å². The second-order valence-corrected chi connectivity index (χ2v) is 9.96. The fourth-order valence-corrected chi connectivity index (χ4v) is 7.83. The number of rotatable bonds is 2. The maximum absolute atomic E-state index is 13.6. The highest BCUT2D eigenvalue weighted by atomic mass is 16.5. The molecule has 6 rings (SSSR count). The molecule has 4 unspecified atom stereocenters. The van der Waals surface area contributed by atoms with Gasteiger partial charge in [0, 0.05) is 11.5 Å². The third-order valence-corrected chi connectivity index (χ3v) is 9.04. The van der Waals surface area contributed by atoms with Gasteiger partial charge >= 0.3 is 11.9 Å². The zero-order valence-electron chi connectivity index (χ0n) is 16.5. The summed E-state index contributed by atoms with van der Waals surface area (Å²) in [5, 5.41) is 0. The van der Waals surface area contributed by atoms with E-state index in [0.29, 0.717) is 25.0 Å². The number of Topliss-reactive ketones (excluding diaryl/α,β-unsaturated/α-hetero) is 1. The van der Waals surface area contributed by atoms with Crippen molar-refractivity contribution < 1.29 is 23.9 Å². The second kappa shape index (κ2) is 5.58. The van der Waals surface area contributed by atoms with Crippen molar-refractivity contribution in [2.24, 2.45) is 34.0 Å². The Hall–Kier alpha value is -1.91. The summed E-state index contributed by atoms with van der Waals surface area (Å²) < 4.78 is 11.6. The molecule has 150 valence electrons. The molecule has 5 saturated carbocycles. The molecular formula is C23H28O5. The number of ketones is 1. The summed E-state index contributed by atoms with van der Waals surface area (Å²) >= 11 is 0. The molecule has 1 spiro atoms. The third-order valence-electron chi connectivity index (χ3n) is 9.04. The van der Waals surface area contributed by atoms with Crippen molar-refractivity contribution in [1.29, 1.82) is 0 Å². The summed E-state index contributed by atoms with van der Waals surface area (Å²) in [5.74, 6) is -0.530. The van der Waals surface area contributed by atoms with Gasteiger partial charge in [0.1, 0.15) is 6.10 Å². The monoisotopic (exact) mass is 384 g/mol. The van der Waals surface area contributed by atoms with E-state index in [-0.39, 0.29) is 34.9 Å². The van der Waals surface area contributed by atoms with E-state index in [2.05, 4.69) is 20.1 Å². The molecule has 0 amide bonds. The maximum atomic E-state index is 13.6. The van der Waals surface area contributed by atoms with E-state index >= 15 is 0 Å². The second-order valence-electron chi connectivity index (χ2n) is 9.96. The van der Waals surface area contributed by atoms with E-state index < -0.39 is 22.9 Å². The zero-order chi connectivity index (χ0) is 19.9. The number of ether oxygens (including phenoxy) is 2. The Morgan fingerprint density at radius 2 is 1.96 bits per heavy atom. The Kier molecular flexibility index (Phi) is 3.61. The summed E-state index contributed by atoms with van der Waals surface area (Å²) in [4.78, 5) is 39.1. The third kappa shape index (κ3) is 1.91. The summed E-state index contributed by atoms with van der Waals surface area (Å²) in [7, 11) is 0. The van der Waals surface area contributed by atoms with Gasteiger partial charge in [0.15, 0.2) is 5.78 Å². The standard InChI is InChI=1S/C23H28O5/c1-4-18(24)28-17-11-15-21(3)7-5-8-22(15,20(26)27-12-21)16-10-14-6-9-23(16,17)19(25)13(14)2/h4,14-17H,1-2,5-12H2,3H3/t14-,15?,16?,17+,21-,22?,23?/m0/s1. The fraction of sp³-hybridized carbons (Fsp3) is 0.696. The highest BCUT2D eigenvalue weighted by Gasteiger charge is 2.76. The number of carbonyl (C=O) groups excluding carboxylic acids is 3. The Bertz CT molecular complexity index is 814. The highest BCUT2D eigenvalue weighted by molar-refractivity contribution is 6.03. The largest absolute Gasteiger partial charge is 0.465 e. The number of hydrogen-bond acceptors (Lipinski definition) is 5. The SMILES string of the molecule is C=CC(=O)O[C@@H]1CC2C3(CCC[C@@]2(C)COC3=O)C2C[C@@H]3CCC21C(=O)C3=C. The van der Waals surface area contributed by atoms with E-state index in [1.165, 1.54) is 6.08 Å². The minimum atomic E-state index is -0.838. The van der Waals surface area contributed by atoms with Crippen LogP contribution in [-0.4, -0.2) is 30.4 Å².